The maximum Gasteiger partial charge on any atom is 0.120 e. The number of ether oxygens (including phenoxy) is 3. The van der Waals surface area contributed by atoms with Crippen molar-refractivity contribution in [2.45, 2.75) is 20.0 Å². The highest BCUT2D eigenvalue weighted by atomic mass is 16.5. The van der Waals surface area contributed by atoms with Crippen LogP contribution in [0.1, 0.15) is 17.5 Å². The Bertz CT molecular complexity index is 782. The van der Waals surface area contributed by atoms with E-state index in [2.05, 4.69) is 25.1 Å². The lowest BCUT2D eigenvalue weighted by Crippen LogP contribution is -2.05. The van der Waals surface area contributed by atoms with E-state index in [0.29, 0.717) is 19.8 Å². The van der Waals surface area contributed by atoms with Crippen molar-refractivity contribution in [3.8, 4) is 17.2 Å². The van der Waals surface area contributed by atoms with Crippen LogP contribution in [-0.2, 0) is 6.61 Å². The average molecular weight is 348 g/mol. The molecule has 3 rings (SSSR count). The van der Waals surface area contributed by atoms with Gasteiger partial charge in [-0.1, -0.05) is 42.5 Å². The molecule has 0 heterocycles. The molecule has 0 aliphatic rings. The summed E-state index contributed by atoms with van der Waals surface area (Å²) in [6.07, 6.45) is 0.834. The fourth-order valence-electron chi connectivity index (χ4n) is 2.52. The Balaban J connectivity index is 1.35. The zero-order chi connectivity index (χ0) is 18.0. The third-order valence-corrected chi connectivity index (χ3v) is 3.89. The van der Waals surface area contributed by atoms with E-state index in [1.54, 1.807) is 0 Å². The van der Waals surface area contributed by atoms with Crippen LogP contribution in [-0.4, -0.2) is 13.2 Å². The lowest BCUT2D eigenvalue weighted by Gasteiger charge is -2.10. The minimum atomic E-state index is 0.567. The molecule has 3 nitrogen and oxygen atoms in total. The minimum absolute atomic E-state index is 0.567. The first-order valence-electron chi connectivity index (χ1n) is 8.89. The molecule has 0 atom stereocenters. The topological polar surface area (TPSA) is 27.7 Å². The summed E-state index contributed by atoms with van der Waals surface area (Å²) in [4.78, 5) is 0. The molecule has 0 saturated carbocycles. The predicted molar refractivity (Wildman–Crippen MR) is 104 cm³/mol. The van der Waals surface area contributed by atoms with Gasteiger partial charge in [0.1, 0.15) is 23.9 Å². The second-order valence-electron chi connectivity index (χ2n) is 6.11. The van der Waals surface area contributed by atoms with Crippen molar-refractivity contribution in [2.24, 2.45) is 0 Å². The standard InChI is InChI=1S/C23H24O3/c1-19-7-5-10-23(17-19)25-16-6-15-24-21-11-13-22(14-12-21)26-18-20-8-3-2-4-9-20/h2-5,7-14,17H,6,15-16,18H2,1H3. The molecule has 0 aliphatic heterocycles. The van der Waals surface area contributed by atoms with Gasteiger partial charge in [0.15, 0.2) is 0 Å². The van der Waals surface area contributed by atoms with Gasteiger partial charge in [-0.3, -0.25) is 0 Å². The van der Waals surface area contributed by atoms with Gasteiger partial charge in [-0.25, -0.2) is 0 Å². The van der Waals surface area contributed by atoms with Crippen molar-refractivity contribution < 1.29 is 14.2 Å². The van der Waals surface area contributed by atoms with Crippen LogP contribution in [0.2, 0.25) is 0 Å². The van der Waals surface area contributed by atoms with Crippen LogP contribution in [0, 0.1) is 6.92 Å². The molecule has 0 aromatic heterocycles. The summed E-state index contributed by atoms with van der Waals surface area (Å²) < 4.78 is 17.2. The maximum atomic E-state index is 5.77. The summed E-state index contributed by atoms with van der Waals surface area (Å²) >= 11 is 0. The molecule has 0 amide bonds. The minimum Gasteiger partial charge on any atom is -0.493 e. The van der Waals surface area contributed by atoms with Crippen LogP contribution in [0.15, 0.2) is 78.9 Å². The largest absolute Gasteiger partial charge is 0.493 e. The van der Waals surface area contributed by atoms with Gasteiger partial charge < -0.3 is 14.2 Å². The quantitative estimate of drug-likeness (QED) is 0.483. The van der Waals surface area contributed by atoms with Crippen molar-refractivity contribution in [3.63, 3.8) is 0 Å². The van der Waals surface area contributed by atoms with Gasteiger partial charge in [0.25, 0.3) is 0 Å². The van der Waals surface area contributed by atoms with E-state index in [0.717, 1.165) is 29.2 Å². The van der Waals surface area contributed by atoms with E-state index < -0.39 is 0 Å². The molecule has 0 unspecified atom stereocenters. The maximum absolute atomic E-state index is 5.77. The molecule has 0 N–H and O–H groups in total. The van der Waals surface area contributed by atoms with Gasteiger partial charge in [0.2, 0.25) is 0 Å². The molecule has 0 bridgehead atoms. The first kappa shape index (κ1) is 17.9. The van der Waals surface area contributed by atoms with E-state index in [9.17, 15) is 0 Å². The lowest BCUT2D eigenvalue weighted by atomic mass is 10.2. The molecule has 3 aromatic rings. The summed E-state index contributed by atoms with van der Waals surface area (Å²) in [5, 5.41) is 0. The van der Waals surface area contributed by atoms with Crippen molar-refractivity contribution in [3.05, 3.63) is 90.0 Å². The third-order valence-electron chi connectivity index (χ3n) is 3.89. The fourth-order valence-corrected chi connectivity index (χ4v) is 2.52. The zero-order valence-electron chi connectivity index (χ0n) is 15.1. The van der Waals surface area contributed by atoms with Crippen LogP contribution in [0.3, 0.4) is 0 Å². The molecule has 0 aliphatic carbocycles. The first-order valence-corrected chi connectivity index (χ1v) is 8.89. The lowest BCUT2D eigenvalue weighted by molar-refractivity contribution is 0.247. The Hall–Kier alpha value is -2.94. The van der Waals surface area contributed by atoms with Gasteiger partial charge in [0, 0.05) is 6.42 Å². The highest BCUT2D eigenvalue weighted by Gasteiger charge is 1.99. The van der Waals surface area contributed by atoms with Crippen LogP contribution in [0.4, 0.5) is 0 Å². The Kier molecular flexibility index (Phi) is 6.54. The molecule has 3 heteroatoms. The Morgan fingerprint density at radius 2 is 1.27 bits per heavy atom. The van der Waals surface area contributed by atoms with Crippen molar-refractivity contribution in [1.82, 2.24) is 0 Å². The van der Waals surface area contributed by atoms with Crippen LogP contribution >= 0.6 is 0 Å². The summed E-state index contributed by atoms with van der Waals surface area (Å²) in [5.74, 6) is 2.58. The molecular weight excluding hydrogens is 324 g/mol. The van der Waals surface area contributed by atoms with Crippen molar-refractivity contribution in [2.75, 3.05) is 13.2 Å². The van der Waals surface area contributed by atoms with E-state index in [-0.39, 0.29) is 0 Å². The van der Waals surface area contributed by atoms with E-state index in [1.165, 1.54) is 5.56 Å². The SMILES string of the molecule is Cc1cccc(OCCCOc2ccc(OCc3ccccc3)cc2)c1. The van der Waals surface area contributed by atoms with E-state index in [4.69, 9.17) is 14.2 Å². The smallest absolute Gasteiger partial charge is 0.120 e. The van der Waals surface area contributed by atoms with Gasteiger partial charge >= 0.3 is 0 Å². The molecule has 3 aromatic carbocycles. The second-order valence-corrected chi connectivity index (χ2v) is 6.11. The van der Waals surface area contributed by atoms with Gasteiger partial charge in [-0.05, 0) is 54.4 Å². The van der Waals surface area contributed by atoms with Gasteiger partial charge in [-0.2, -0.15) is 0 Å². The van der Waals surface area contributed by atoms with Crippen LogP contribution in [0.25, 0.3) is 0 Å². The molecule has 26 heavy (non-hydrogen) atoms. The number of rotatable bonds is 9. The average Bonchev–Trinajstić information content (AvgIpc) is 2.68. The number of benzene rings is 3. The molecule has 0 radical (unpaired) electrons. The molecular formula is C23H24O3. The molecule has 0 spiro atoms. The highest BCUT2D eigenvalue weighted by Crippen LogP contribution is 2.19. The highest BCUT2D eigenvalue weighted by molar-refractivity contribution is 5.31. The van der Waals surface area contributed by atoms with Crippen LogP contribution < -0.4 is 14.2 Å². The summed E-state index contributed by atoms with van der Waals surface area (Å²) in [6.45, 7) is 3.89. The monoisotopic (exact) mass is 348 g/mol. The Labute approximate surface area is 155 Å². The van der Waals surface area contributed by atoms with Gasteiger partial charge in [0.05, 0.1) is 13.2 Å². The zero-order valence-corrected chi connectivity index (χ0v) is 15.1. The normalized spacial score (nSPS) is 10.3. The first-order chi connectivity index (χ1) is 12.8. The molecule has 0 fully saturated rings. The summed E-state index contributed by atoms with van der Waals surface area (Å²) in [6, 6.07) is 25.9. The summed E-state index contributed by atoms with van der Waals surface area (Å²) in [5.41, 5.74) is 2.36. The number of aryl methyl sites for hydroxylation is 1. The third kappa shape index (κ3) is 5.85. The fraction of sp³-hybridized carbons (Fsp3) is 0.217. The number of hydrogen-bond acceptors (Lipinski definition) is 3. The summed E-state index contributed by atoms with van der Waals surface area (Å²) in [7, 11) is 0. The van der Waals surface area contributed by atoms with Gasteiger partial charge in [-0.15, -0.1) is 0 Å². The Morgan fingerprint density at radius 1 is 0.615 bits per heavy atom. The Morgan fingerprint density at radius 3 is 1.96 bits per heavy atom. The van der Waals surface area contributed by atoms with E-state index in [1.807, 2.05) is 60.7 Å². The predicted octanol–water partition coefficient (Wildman–Crippen LogP) is 5.42. The second kappa shape index (κ2) is 9.52. The molecule has 0 saturated heterocycles. The number of hydrogen-bond donors (Lipinski definition) is 0. The molecule has 134 valence electrons. The van der Waals surface area contributed by atoms with Crippen molar-refractivity contribution >= 4 is 0 Å². The van der Waals surface area contributed by atoms with Crippen LogP contribution in [0.5, 0.6) is 17.2 Å². The van der Waals surface area contributed by atoms with E-state index >= 15 is 0 Å². The van der Waals surface area contributed by atoms with Crippen molar-refractivity contribution in [1.29, 1.82) is 0 Å².